The van der Waals surface area contributed by atoms with E-state index >= 15 is 0 Å². The monoisotopic (exact) mass is 210 g/mol. The first kappa shape index (κ1) is 12.3. The van der Waals surface area contributed by atoms with Crippen LogP contribution in [0.3, 0.4) is 0 Å². The van der Waals surface area contributed by atoms with E-state index in [9.17, 15) is 0 Å². The summed E-state index contributed by atoms with van der Waals surface area (Å²) < 4.78 is 5.57. The summed E-state index contributed by atoms with van der Waals surface area (Å²) in [6.45, 7) is 9.20. The Hall–Kier alpha value is -0.800. The Morgan fingerprint density at radius 2 is 1.80 bits per heavy atom. The minimum absolute atomic E-state index is 0.915. The third kappa shape index (κ3) is 3.36. The summed E-state index contributed by atoms with van der Waals surface area (Å²) in [4.78, 5) is 0. The van der Waals surface area contributed by atoms with Crippen LogP contribution in [0.25, 0.3) is 0 Å². The third-order valence-electron chi connectivity index (χ3n) is 2.79. The number of hydrogen-bond acceptors (Lipinski definition) is 3. The Balaban J connectivity index is 2.37. The van der Waals surface area contributed by atoms with Gasteiger partial charge in [-0.1, -0.05) is 0 Å². The summed E-state index contributed by atoms with van der Waals surface area (Å²) in [6, 6.07) is 0. The minimum Gasteiger partial charge on any atom is -0.466 e. The zero-order valence-electron chi connectivity index (χ0n) is 10.2. The lowest BCUT2D eigenvalue weighted by atomic mass is 10.1. The van der Waals surface area contributed by atoms with Crippen molar-refractivity contribution in [3.63, 3.8) is 0 Å². The van der Waals surface area contributed by atoms with Gasteiger partial charge in [-0.3, -0.25) is 0 Å². The fourth-order valence-corrected chi connectivity index (χ4v) is 1.70. The zero-order chi connectivity index (χ0) is 11.3. The highest BCUT2D eigenvalue weighted by atomic mass is 16.3. The molecular formula is C12H22N2O. The Bertz CT molecular complexity index is 305. The van der Waals surface area contributed by atoms with Gasteiger partial charge >= 0.3 is 0 Å². The molecule has 0 spiro atoms. The Kier molecular flexibility index (Phi) is 4.85. The van der Waals surface area contributed by atoms with E-state index in [1.54, 1.807) is 0 Å². The van der Waals surface area contributed by atoms with Crippen molar-refractivity contribution in [2.45, 2.75) is 33.7 Å². The molecule has 0 aliphatic carbocycles. The molecule has 15 heavy (non-hydrogen) atoms. The first-order chi connectivity index (χ1) is 7.16. The summed E-state index contributed by atoms with van der Waals surface area (Å²) in [7, 11) is 1.98. The van der Waals surface area contributed by atoms with Gasteiger partial charge in [-0.2, -0.15) is 0 Å². The molecule has 86 valence electrons. The average molecular weight is 210 g/mol. The molecule has 1 heterocycles. The molecule has 0 fully saturated rings. The van der Waals surface area contributed by atoms with Crippen LogP contribution in [0, 0.1) is 20.8 Å². The molecule has 0 aromatic carbocycles. The second-order valence-corrected chi connectivity index (χ2v) is 3.95. The molecule has 0 unspecified atom stereocenters. The molecule has 0 bridgehead atoms. The maximum Gasteiger partial charge on any atom is 0.105 e. The lowest BCUT2D eigenvalue weighted by Crippen LogP contribution is -2.19. The molecule has 1 aromatic heterocycles. The van der Waals surface area contributed by atoms with Crippen molar-refractivity contribution in [2.24, 2.45) is 0 Å². The summed E-state index contributed by atoms with van der Waals surface area (Å²) in [6.07, 6.45) is 1.16. The fourth-order valence-electron chi connectivity index (χ4n) is 1.70. The van der Waals surface area contributed by atoms with Gasteiger partial charge in [0, 0.05) is 12.1 Å². The molecule has 1 rings (SSSR count). The topological polar surface area (TPSA) is 37.2 Å². The molecule has 0 amide bonds. The van der Waals surface area contributed by atoms with E-state index in [1.165, 1.54) is 11.1 Å². The molecule has 1 aromatic rings. The molecule has 0 saturated heterocycles. The van der Waals surface area contributed by atoms with Crippen LogP contribution in [0.2, 0.25) is 0 Å². The standard InChI is InChI=1S/C12H22N2O/c1-9-10(2)15-11(3)12(9)8-14-7-5-6-13-4/h13-14H,5-8H2,1-4H3. The van der Waals surface area contributed by atoms with Crippen molar-refractivity contribution in [1.82, 2.24) is 10.6 Å². The van der Waals surface area contributed by atoms with Gasteiger partial charge in [0.1, 0.15) is 11.5 Å². The smallest absolute Gasteiger partial charge is 0.105 e. The first-order valence-electron chi connectivity index (χ1n) is 5.57. The van der Waals surface area contributed by atoms with E-state index < -0.39 is 0 Å². The van der Waals surface area contributed by atoms with Crippen LogP contribution in [0.5, 0.6) is 0 Å². The van der Waals surface area contributed by atoms with E-state index in [4.69, 9.17) is 4.42 Å². The van der Waals surface area contributed by atoms with Crippen molar-refractivity contribution in [3.05, 3.63) is 22.6 Å². The minimum atomic E-state index is 0.915. The van der Waals surface area contributed by atoms with Gasteiger partial charge in [-0.25, -0.2) is 0 Å². The lowest BCUT2D eigenvalue weighted by Gasteiger charge is -2.04. The lowest BCUT2D eigenvalue weighted by molar-refractivity contribution is 0.497. The van der Waals surface area contributed by atoms with E-state index in [1.807, 2.05) is 20.9 Å². The van der Waals surface area contributed by atoms with Gasteiger partial charge in [-0.05, 0) is 52.9 Å². The molecule has 0 atom stereocenters. The highest BCUT2D eigenvalue weighted by Gasteiger charge is 2.09. The molecule has 0 saturated carbocycles. The van der Waals surface area contributed by atoms with Crippen molar-refractivity contribution in [3.8, 4) is 0 Å². The highest BCUT2D eigenvalue weighted by molar-refractivity contribution is 5.31. The maximum absolute atomic E-state index is 5.57. The number of nitrogens with one attached hydrogen (secondary N) is 2. The van der Waals surface area contributed by atoms with Crippen LogP contribution < -0.4 is 10.6 Å². The zero-order valence-corrected chi connectivity index (χ0v) is 10.2. The summed E-state index contributed by atoms with van der Waals surface area (Å²) in [5.41, 5.74) is 2.60. The van der Waals surface area contributed by atoms with Crippen LogP contribution in [-0.4, -0.2) is 20.1 Å². The summed E-state index contributed by atoms with van der Waals surface area (Å²) >= 11 is 0. The van der Waals surface area contributed by atoms with Crippen LogP contribution in [0.1, 0.15) is 29.1 Å². The van der Waals surface area contributed by atoms with Crippen molar-refractivity contribution < 1.29 is 4.42 Å². The number of rotatable bonds is 6. The predicted molar refractivity (Wildman–Crippen MR) is 63.2 cm³/mol. The molecule has 3 nitrogen and oxygen atoms in total. The van der Waals surface area contributed by atoms with E-state index in [0.717, 1.165) is 37.6 Å². The van der Waals surface area contributed by atoms with E-state index in [0.29, 0.717) is 0 Å². The van der Waals surface area contributed by atoms with Crippen LogP contribution in [-0.2, 0) is 6.54 Å². The van der Waals surface area contributed by atoms with Gasteiger partial charge in [0.15, 0.2) is 0 Å². The van der Waals surface area contributed by atoms with Gasteiger partial charge in [0.2, 0.25) is 0 Å². The van der Waals surface area contributed by atoms with Crippen LogP contribution in [0.15, 0.2) is 4.42 Å². The van der Waals surface area contributed by atoms with Gasteiger partial charge < -0.3 is 15.1 Å². The second kappa shape index (κ2) is 5.93. The molecule has 0 radical (unpaired) electrons. The first-order valence-corrected chi connectivity index (χ1v) is 5.57. The number of hydrogen-bond donors (Lipinski definition) is 2. The Morgan fingerprint density at radius 3 is 2.33 bits per heavy atom. The van der Waals surface area contributed by atoms with Crippen LogP contribution in [0.4, 0.5) is 0 Å². The quantitative estimate of drug-likeness (QED) is 0.704. The molecule has 2 N–H and O–H groups in total. The average Bonchev–Trinajstić information content (AvgIpc) is 2.44. The normalized spacial score (nSPS) is 10.9. The molecule has 0 aliphatic heterocycles. The molecule has 0 aliphatic rings. The third-order valence-corrected chi connectivity index (χ3v) is 2.79. The van der Waals surface area contributed by atoms with Gasteiger partial charge in [0.05, 0.1) is 0 Å². The highest BCUT2D eigenvalue weighted by Crippen LogP contribution is 2.20. The number of aryl methyl sites for hydroxylation is 2. The van der Waals surface area contributed by atoms with Crippen molar-refractivity contribution in [1.29, 1.82) is 0 Å². The fraction of sp³-hybridized carbons (Fsp3) is 0.667. The largest absolute Gasteiger partial charge is 0.466 e. The Morgan fingerprint density at radius 1 is 1.07 bits per heavy atom. The molecular weight excluding hydrogens is 188 g/mol. The number of furan rings is 1. The SMILES string of the molecule is CNCCCNCc1c(C)oc(C)c1C. The molecule has 3 heteroatoms. The van der Waals surface area contributed by atoms with Crippen molar-refractivity contribution >= 4 is 0 Å². The van der Waals surface area contributed by atoms with E-state index in [-0.39, 0.29) is 0 Å². The Labute approximate surface area is 92.2 Å². The maximum atomic E-state index is 5.57. The second-order valence-electron chi connectivity index (χ2n) is 3.95. The van der Waals surface area contributed by atoms with Gasteiger partial charge in [-0.15, -0.1) is 0 Å². The summed E-state index contributed by atoms with van der Waals surface area (Å²) in [5, 5.41) is 6.57. The van der Waals surface area contributed by atoms with Gasteiger partial charge in [0.25, 0.3) is 0 Å². The predicted octanol–water partition coefficient (Wildman–Crippen LogP) is 1.90. The van der Waals surface area contributed by atoms with Crippen molar-refractivity contribution in [2.75, 3.05) is 20.1 Å². The van der Waals surface area contributed by atoms with E-state index in [2.05, 4.69) is 17.6 Å². The summed E-state index contributed by atoms with van der Waals surface area (Å²) in [5.74, 6) is 2.09. The van der Waals surface area contributed by atoms with Crippen LogP contribution >= 0.6 is 0 Å².